The van der Waals surface area contributed by atoms with E-state index in [0.717, 1.165) is 18.5 Å². The summed E-state index contributed by atoms with van der Waals surface area (Å²) in [5.74, 6) is 0.644. The van der Waals surface area contributed by atoms with E-state index in [2.05, 4.69) is 48.7 Å². The molecule has 3 nitrogen and oxygen atoms in total. The standard InChI is InChI=1S/C15H24N2O/c1-4-12(3)14-8-6-13(7-9-14)10-17-15(18)11-16-5-2/h6-9,12,16H,4-5,10-11H2,1-3H3,(H,17,18). The van der Waals surface area contributed by atoms with Gasteiger partial charge in [-0.2, -0.15) is 0 Å². The minimum absolute atomic E-state index is 0.0443. The number of rotatable bonds is 7. The van der Waals surface area contributed by atoms with Gasteiger partial charge in [0.15, 0.2) is 0 Å². The van der Waals surface area contributed by atoms with E-state index in [4.69, 9.17) is 0 Å². The lowest BCUT2D eigenvalue weighted by Crippen LogP contribution is -2.33. The molecule has 3 heteroatoms. The van der Waals surface area contributed by atoms with Gasteiger partial charge in [0.25, 0.3) is 0 Å². The molecule has 1 aromatic rings. The number of hydrogen-bond acceptors (Lipinski definition) is 2. The van der Waals surface area contributed by atoms with Gasteiger partial charge in [-0.25, -0.2) is 0 Å². The summed E-state index contributed by atoms with van der Waals surface area (Å²) in [5.41, 5.74) is 2.51. The molecule has 0 saturated carbocycles. The molecule has 18 heavy (non-hydrogen) atoms. The molecule has 0 heterocycles. The highest BCUT2D eigenvalue weighted by Gasteiger charge is 2.03. The van der Waals surface area contributed by atoms with Crippen LogP contribution < -0.4 is 10.6 Å². The van der Waals surface area contributed by atoms with Gasteiger partial charge in [-0.3, -0.25) is 4.79 Å². The van der Waals surface area contributed by atoms with Gasteiger partial charge in [0.05, 0.1) is 6.54 Å². The summed E-state index contributed by atoms with van der Waals surface area (Å²) in [5, 5.41) is 5.90. The molecule has 1 atom stereocenters. The number of amides is 1. The second kappa shape index (κ2) is 7.88. The Morgan fingerprint density at radius 1 is 1.22 bits per heavy atom. The molecule has 2 N–H and O–H groups in total. The Morgan fingerprint density at radius 2 is 1.89 bits per heavy atom. The maximum atomic E-state index is 11.4. The molecule has 1 rings (SSSR count). The lowest BCUT2D eigenvalue weighted by molar-refractivity contribution is -0.120. The van der Waals surface area contributed by atoms with Crippen LogP contribution in [0.1, 0.15) is 44.2 Å². The molecule has 0 saturated heterocycles. The van der Waals surface area contributed by atoms with E-state index in [0.29, 0.717) is 19.0 Å². The number of nitrogens with one attached hydrogen (secondary N) is 2. The highest BCUT2D eigenvalue weighted by molar-refractivity contribution is 5.77. The molecular weight excluding hydrogens is 224 g/mol. The van der Waals surface area contributed by atoms with Crippen LogP contribution in [0, 0.1) is 0 Å². The highest BCUT2D eigenvalue weighted by atomic mass is 16.1. The fourth-order valence-electron chi connectivity index (χ4n) is 1.70. The predicted molar refractivity (Wildman–Crippen MR) is 75.5 cm³/mol. The van der Waals surface area contributed by atoms with Crippen molar-refractivity contribution in [3.05, 3.63) is 35.4 Å². The van der Waals surface area contributed by atoms with Crippen molar-refractivity contribution in [2.45, 2.75) is 39.7 Å². The van der Waals surface area contributed by atoms with Crippen LogP contribution in [0.5, 0.6) is 0 Å². The van der Waals surface area contributed by atoms with Gasteiger partial charge >= 0.3 is 0 Å². The van der Waals surface area contributed by atoms with Crippen molar-refractivity contribution in [3.8, 4) is 0 Å². The predicted octanol–water partition coefficient (Wildman–Crippen LogP) is 2.43. The van der Waals surface area contributed by atoms with E-state index in [-0.39, 0.29) is 5.91 Å². The van der Waals surface area contributed by atoms with Crippen LogP contribution in [0.4, 0.5) is 0 Å². The number of carbonyl (C=O) groups is 1. The molecule has 1 unspecified atom stereocenters. The topological polar surface area (TPSA) is 41.1 Å². The van der Waals surface area contributed by atoms with Crippen LogP contribution >= 0.6 is 0 Å². The van der Waals surface area contributed by atoms with Crippen molar-refractivity contribution in [1.82, 2.24) is 10.6 Å². The molecule has 100 valence electrons. The van der Waals surface area contributed by atoms with Crippen LogP contribution in [-0.2, 0) is 11.3 Å². The Balaban J connectivity index is 2.41. The quantitative estimate of drug-likeness (QED) is 0.778. The minimum Gasteiger partial charge on any atom is -0.351 e. The SMILES string of the molecule is CCNCC(=O)NCc1ccc(C(C)CC)cc1. The zero-order valence-electron chi connectivity index (χ0n) is 11.6. The summed E-state index contributed by atoms with van der Waals surface area (Å²) >= 11 is 0. The summed E-state index contributed by atoms with van der Waals surface area (Å²) in [6.07, 6.45) is 1.15. The summed E-state index contributed by atoms with van der Waals surface area (Å²) in [6.45, 7) is 8.22. The van der Waals surface area contributed by atoms with Crippen LogP contribution in [0.2, 0.25) is 0 Å². The van der Waals surface area contributed by atoms with Gasteiger partial charge in [0.2, 0.25) is 5.91 Å². The average Bonchev–Trinajstić information content (AvgIpc) is 2.42. The zero-order chi connectivity index (χ0) is 13.4. The van der Waals surface area contributed by atoms with Crippen LogP contribution in [-0.4, -0.2) is 19.0 Å². The second-order valence-corrected chi connectivity index (χ2v) is 4.61. The fourth-order valence-corrected chi connectivity index (χ4v) is 1.70. The number of carbonyl (C=O) groups excluding carboxylic acids is 1. The first-order chi connectivity index (χ1) is 8.67. The number of hydrogen-bond donors (Lipinski definition) is 2. The molecule has 0 fully saturated rings. The van der Waals surface area contributed by atoms with E-state index in [1.54, 1.807) is 0 Å². The van der Waals surface area contributed by atoms with Gasteiger partial charge in [-0.15, -0.1) is 0 Å². The molecule has 0 aliphatic rings. The molecule has 0 spiro atoms. The Labute approximate surface area is 110 Å². The van der Waals surface area contributed by atoms with Crippen molar-refractivity contribution in [2.24, 2.45) is 0 Å². The third kappa shape index (κ3) is 4.88. The molecular formula is C15H24N2O. The Morgan fingerprint density at radius 3 is 2.44 bits per heavy atom. The molecule has 0 bridgehead atoms. The second-order valence-electron chi connectivity index (χ2n) is 4.61. The molecule has 0 aliphatic heterocycles. The molecule has 0 aromatic heterocycles. The van der Waals surface area contributed by atoms with E-state index < -0.39 is 0 Å². The third-order valence-electron chi connectivity index (χ3n) is 3.19. The summed E-state index contributed by atoms with van der Waals surface area (Å²) in [7, 11) is 0. The van der Waals surface area contributed by atoms with Gasteiger partial charge < -0.3 is 10.6 Å². The molecule has 0 aliphatic carbocycles. The van der Waals surface area contributed by atoms with Crippen molar-refractivity contribution in [2.75, 3.05) is 13.1 Å². The first-order valence-corrected chi connectivity index (χ1v) is 6.73. The van der Waals surface area contributed by atoms with Crippen molar-refractivity contribution >= 4 is 5.91 Å². The van der Waals surface area contributed by atoms with Gasteiger partial charge in [-0.1, -0.05) is 45.0 Å². The highest BCUT2D eigenvalue weighted by Crippen LogP contribution is 2.18. The molecule has 0 radical (unpaired) electrons. The largest absolute Gasteiger partial charge is 0.351 e. The summed E-state index contributed by atoms with van der Waals surface area (Å²) < 4.78 is 0. The average molecular weight is 248 g/mol. The van der Waals surface area contributed by atoms with Crippen molar-refractivity contribution in [3.63, 3.8) is 0 Å². The first-order valence-electron chi connectivity index (χ1n) is 6.73. The Kier molecular flexibility index (Phi) is 6.44. The van der Waals surface area contributed by atoms with Crippen molar-refractivity contribution < 1.29 is 4.79 Å². The summed E-state index contributed by atoms with van der Waals surface area (Å²) in [6, 6.07) is 8.49. The maximum absolute atomic E-state index is 11.4. The van der Waals surface area contributed by atoms with Gasteiger partial charge in [0.1, 0.15) is 0 Å². The van der Waals surface area contributed by atoms with Gasteiger partial charge in [0, 0.05) is 6.54 Å². The van der Waals surface area contributed by atoms with Crippen LogP contribution in [0.3, 0.4) is 0 Å². The monoisotopic (exact) mass is 248 g/mol. The fraction of sp³-hybridized carbons (Fsp3) is 0.533. The van der Waals surface area contributed by atoms with Crippen molar-refractivity contribution in [1.29, 1.82) is 0 Å². The lowest BCUT2D eigenvalue weighted by atomic mass is 9.98. The zero-order valence-corrected chi connectivity index (χ0v) is 11.6. The number of benzene rings is 1. The van der Waals surface area contributed by atoms with E-state index in [9.17, 15) is 4.79 Å². The normalized spacial score (nSPS) is 12.2. The Hall–Kier alpha value is -1.35. The first kappa shape index (κ1) is 14.7. The van der Waals surface area contributed by atoms with E-state index in [1.165, 1.54) is 5.56 Å². The van der Waals surface area contributed by atoms with E-state index >= 15 is 0 Å². The van der Waals surface area contributed by atoms with E-state index in [1.807, 2.05) is 6.92 Å². The molecule has 1 aromatic carbocycles. The number of likely N-dealkylation sites (N-methyl/N-ethyl adjacent to an activating group) is 1. The maximum Gasteiger partial charge on any atom is 0.234 e. The Bertz CT molecular complexity index is 359. The summed E-state index contributed by atoms with van der Waals surface area (Å²) in [4.78, 5) is 11.4. The smallest absolute Gasteiger partial charge is 0.234 e. The molecule has 1 amide bonds. The van der Waals surface area contributed by atoms with Crippen LogP contribution in [0.15, 0.2) is 24.3 Å². The lowest BCUT2D eigenvalue weighted by Gasteiger charge is -2.10. The third-order valence-corrected chi connectivity index (χ3v) is 3.19. The van der Waals surface area contributed by atoms with Gasteiger partial charge in [-0.05, 0) is 30.0 Å². The minimum atomic E-state index is 0.0443. The van der Waals surface area contributed by atoms with Crippen LogP contribution in [0.25, 0.3) is 0 Å².